The van der Waals surface area contributed by atoms with E-state index >= 15 is 0 Å². The summed E-state index contributed by atoms with van der Waals surface area (Å²) < 4.78 is 25.1. The van der Waals surface area contributed by atoms with E-state index in [4.69, 9.17) is 11.6 Å². The van der Waals surface area contributed by atoms with Gasteiger partial charge in [0.15, 0.2) is 14.9 Å². The van der Waals surface area contributed by atoms with E-state index in [1.54, 1.807) is 12.1 Å². The third-order valence-corrected chi connectivity index (χ3v) is 6.43. The molecule has 1 aromatic rings. The van der Waals surface area contributed by atoms with Crippen molar-refractivity contribution >= 4 is 43.3 Å². The first-order valence-electron chi connectivity index (χ1n) is 6.51. The third-order valence-electron chi connectivity index (χ3n) is 3.34. The molecule has 0 bridgehead atoms. The number of halogens is 1. The summed E-state index contributed by atoms with van der Waals surface area (Å²) in [6.45, 7) is 1.18. The fourth-order valence-electron chi connectivity index (χ4n) is 2.33. The van der Waals surface area contributed by atoms with Crippen LogP contribution in [0.2, 0.25) is 5.02 Å². The molecule has 0 aliphatic carbocycles. The molecule has 2 aliphatic rings. The normalized spacial score (nSPS) is 21.9. The van der Waals surface area contributed by atoms with Crippen LogP contribution in [-0.4, -0.2) is 43.1 Å². The molecular formula is C13H14ClN3O2S2. The maximum Gasteiger partial charge on any atom is 0.200 e. The maximum atomic E-state index is 12.5. The summed E-state index contributed by atoms with van der Waals surface area (Å²) in [6.07, 6.45) is 0. The highest BCUT2D eigenvalue weighted by Gasteiger charge is 2.34. The van der Waals surface area contributed by atoms with E-state index in [1.807, 2.05) is 12.1 Å². The van der Waals surface area contributed by atoms with Crippen molar-refractivity contribution in [3.63, 3.8) is 0 Å². The van der Waals surface area contributed by atoms with Crippen molar-refractivity contribution in [1.82, 2.24) is 5.43 Å². The number of hydrogen-bond donors (Lipinski definition) is 1. The van der Waals surface area contributed by atoms with Gasteiger partial charge in [0, 0.05) is 23.9 Å². The van der Waals surface area contributed by atoms with Crippen LogP contribution in [0.25, 0.3) is 0 Å². The summed E-state index contributed by atoms with van der Waals surface area (Å²) in [6, 6.07) is 7.20. The molecule has 3 rings (SSSR count). The summed E-state index contributed by atoms with van der Waals surface area (Å²) >= 11 is 7.38. The van der Waals surface area contributed by atoms with Gasteiger partial charge >= 0.3 is 0 Å². The lowest BCUT2D eigenvalue weighted by Gasteiger charge is -2.12. The van der Waals surface area contributed by atoms with E-state index < -0.39 is 9.84 Å². The van der Waals surface area contributed by atoms with E-state index in [2.05, 4.69) is 15.5 Å². The fraction of sp³-hybridized carbons (Fsp3) is 0.385. The van der Waals surface area contributed by atoms with E-state index in [0.717, 1.165) is 11.3 Å². The number of aliphatic imine (C=N–C) groups is 1. The van der Waals surface area contributed by atoms with Crippen molar-refractivity contribution in [3.05, 3.63) is 34.9 Å². The average molecular weight is 344 g/mol. The Balaban J connectivity index is 1.84. The number of nitrogens with one attached hydrogen (secondary N) is 1. The first-order valence-corrected chi connectivity index (χ1v) is 9.52. The molecule has 1 aromatic carbocycles. The zero-order chi connectivity index (χ0) is 14.9. The highest BCUT2D eigenvalue weighted by Crippen LogP contribution is 2.26. The van der Waals surface area contributed by atoms with Gasteiger partial charge in [-0.05, 0) is 17.7 Å². The molecule has 1 N–H and O–H groups in total. The first-order chi connectivity index (χ1) is 10.1. The zero-order valence-corrected chi connectivity index (χ0v) is 13.5. The van der Waals surface area contributed by atoms with Crippen molar-refractivity contribution in [3.8, 4) is 0 Å². The Bertz CT molecular complexity index is 699. The van der Waals surface area contributed by atoms with Gasteiger partial charge < -0.3 is 5.43 Å². The van der Waals surface area contributed by atoms with E-state index in [9.17, 15) is 8.42 Å². The van der Waals surface area contributed by atoms with E-state index in [-0.39, 0.29) is 16.7 Å². The number of thioether (sulfide) groups is 1. The number of hydrazone groups is 1. The quantitative estimate of drug-likeness (QED) is 0.910. The number of benzene rings is 1. The van der Waals surface area contributed by atoms with Crippen molar-refractivity contribution in [2.45, 2.75) is 5.92 Å². The first kappa shape index (κ1) is 14.9. The molecule has 5 nitrogen and oxygen atoms in total. The lowest BCUT2D eigenvalue weighted by atomic mass is 10.0. The van der Waals surface area contributed by atoms with E-state index in [0.29, 0.717) is 23.2 Å². The molecule has 0 spiro atoms. The molecule has 8 heteroatoms. The Hall–Kier alpha value is -1.05. The van der Waals surface area contributed by atoms with Crippen molar-refractivity contribution in [1.29, 1.82) is 0 Å². The van der Waals surface area contributed by atoms with Crippen LogP contribution in [0.15, 0.2) is 34.4 Å². The maximum absolute atomic E-state index is 12.5. The van der Waals surface area contributed by atoms with Gasteiger partial charge in [-0.3, -0.25) is 4.99 Å². The molecule has 21 heavy (non-hydrogen) atoms. The van der Waals surface area contributed by atoms with Crippen molar-refractivity contribution in [2.75, 3.05) is 24.6 Å². The SMILES string of the molecule is O=S(=O)(CC1=NCCS1)C1=NNCC1c1ccc(Cl)cc1. The predicted octanol–water partition coefficient (Wildman–Crippen LogP) is 1.90. The lowest BCUT2D eigenvalue weighted by molar-refractivity contribution is 0.610. The van der Waals surface area contributed by atoms with Gasteiger partial charge in [-0.15, -0.1) is 11.8 Å². The van der Waals surface area contributed by atoms with Gasteiger partial charge in [-0.1, -0.05) is 23.7 Å². The molecule has 2 aliphatic heterocycles. The van der Waals surface area contributed by atoms with Gasteiger partial charge in [-0.2, -0.15) is 5.10 Å². The van der Waals surface area contributed by atoms with E-state index in [1.165, 1.54) is 11.8 Å². The summed E-state index contributed by atoms with van der Waals surface area (Å²) in [4.78, 5) is 4.21. The van der Waals surface area contributed by atoms with Crippen LogP contribution in [-0.2, 0) is 9.84 Å². The summed E-state index contributed by atoms with van der Waals surface area (Å²) in [5.74, 6) is 0.539. The predicted molar refractivity (Wildman–Crippen MR) is 88.2 cm³/mol. The van der Waals surface area contributed by atoms with Crippen LogP contribution in [0.5, 0.6) is 0 Å². The van der Waals surface area contributed by atoms with Gasteiger partial charge in [-0.25, -0.2) is 8.42 Å². The second-order valence-corrected chi connectivity index (χ2v) is 8.34. The molecule has 1 unspecified atom stereocenters. The molecule has 0 radical (unpaired) electrons. The minimum atomic E-state index is -3.45. The number of sulfone groups is 1. The number of rotatable bonds is 3. The van der Waals surface area contributed by atoms with Crippen LogP contribution < -0.4 is 5.43 Å². The Morgan fingerprint density at radius 1 is 1.33 bits per heavy atom. The van der Waals surface area contributed by atoms with Crippen LogP contribution in [0, 0.1) is 0 Å². The van der Waals surface area contributed by atoms with Crippen molar-refractivity contribution in [2.24, 2.45) is 10.1 Å². The summed E-state index contributed by atoms with van der Waals surface area (Å²) in [5, 5.41) is 5.51. The molecule has 0 saturated carbocycles. The highest BCUT2D eigenvalue weighted by molar-refractivity contribution is 8.17. The largest absolute Gasteiger partial charge is 0.308 e. The standard InChI is InChI=1S/C13H14ClN3O2S2/c14-10-3-1-9(2-4-10)11-7-16-17-13(11)21(18,19)8-12-15-5-6-20-12/h1-4,11,16H,5-8H2. The van der Waals surface area contributed by atoms with Crippen LogP contribution in [0.3, 0.4) is 0 Å². The van der Waals surface area contributed by atoms with Crippen LogP contribution in [0.4, 0.5) is 0 Å². The van der Waals surface area contributed by atoms with Crippen LogP contribution in [0.1, 0.15) is 11.5 Å². The van der Waals surface area contributed by atoms with Gasteiger partial charge in [0.25, 0.3) is 0 Å². The molecule has 112 valence electrons. The smallest absolute Gasteiger partial charge is 0.200 e. The lowest BCUT2D eigenvalue weighted by Crippen LogP contribution is -2.26. The number of nitrogens with zero attached hydrogens (tertiary/aromatic N) is 2. The minimum Gasteiger partial charge on any atom is -0.308 e. The molecule has 0 saturated heterocycles. The fourth-order valence-corrected chi connectivity index (χ4v) is 5.27. The molecule has 1 atom stereocenters. The second kappa shape index (κ2) is 5.98. The van der Waals surface area contributed by atoms with Crippen LogP contribution >= 0.6 is 23.4 Å². The molecule has 0 amide bonds. The Labute approximate surface area is 132 Å². The topological polar surface area (TPSA) is 70.9 Å². The Morgan fingerprint density at radius 3 is 2.76 bits per heavy atom. The van der Waals surface area contributed by atoms with Gasteiger partial charge in [0.05, 0.1) is 11.0 Å². The average Bonchev–Trinajstić information content (AvgIpc) is 3.10. The monoisotopic (exact) mass is 343 g/mol. The third kappa shape index (κ3) is 3.25. The highest BCUT2D eigenvalue weighted by atomic mass is 35.5. The Morgan fingerprint density at radius 2 is 2.10 bits per heavy atom. The minimum absolute atomic E-state index is 0.0533. The van der Waals surface area contributed by atoms with Gasteiger partial charge in [0.1, 0.15) is 5.75 Å². The number of hydrogen-bond acceptors (Lipinski definition) is 6. The molecular weight excluding hydrogens is 330 g/mol. The zero-order valence-electron chi connectivity index (χ0n) is 11.1. The molecule has 0 aromatic heterocycles. The van der Waals surface area contributed by atoms with Crippen molar-refractivity contribution < 1.29 is 8.42 Å². The Kier molecular flexibility index (Phi) is 4.24. The second-order valence-electron chi connectivity index (χ2n) is 4.80. The summed E-state index contributed by atoms with van der Waals surface area (Å²) in [5.41, 5.74) is 3.69. The molecule has 0 fully saturated rings. The summed E-state index contributed by atoms with van der Waals surface area (Å²) in [7, 11) is -3.45. The van der Waals surface area contributed by atoms with Gasteiger partial charge in [0.2, 0.25) is 0 Å². The molecule has 2 heterocycles.